The zero-order valence-corrected chi connectivity index (χ0v) is 11.9. The normalized spacial score (nSPS) is 15.0. The molecule has 0 radical (unpaired) electrons. The Hall–Kier alpha value is -0.830. The molecule has 0 amide bonds. The van der Waals surface area contributed by atoms with Crippen LogP contribution < -0.4 is 5.32 Å². The van der Waals surface area contributed by atoms with Gasteiger partial charge in [-0.3, -0.25) is 0 Å². The number of benzene rings is 1. The van der Waals surface area contributed by atoms with Gasteiger partial charge in [-0.25, -0.2) is 0 Å². The van der Waals surface area contributed by atoms with Crippen LogP contribution in [0.2, 0.25) is 5.02 Å². The van der Waals surface area contributed by atoms with Crippen LogP contribution in [0, 0.1) is 6.92 Å². The molecule has 0 unspecified atom stereocenters. The molecule has 3 rings (SSSR count). The van der Waals surface area contributed by atoms with Crippen LogP contribution >= 0.6 is 22.9 Å². The summed E-state index contributed by atoms with van der Waals surface area (Å²) in [6.45, 7) is 3.21. The van der Waals surface area contributed by atoms with Crippen molar-refractivity contribution in [3.63, 3.8) is 0 Å². The summed E-state index contributed by atoms with van der Waals surface area (Å²) in [6, 6.07) is 8.87. The average Bonchev–Trinajstić information content (AvgIpc) is 3.13. The Morgan fingerprint density at radius 2 is 2.00 bits per heavy atom. The lowest BCUT2D eigenvalue weighted by Crippen LogP contribution is -2.15. The SMILES string of the molecule is Cc1c(CNC2CC2)csc1-c1ccc(Cl)cc1. The molecule has 0 spiro atoms. The van der Waals surface area contributed by atoms with Gasteiger partial charge in [0.15, 0.2) is 0 Å². The van der Waals surface area contributed by atoms with Crippen LogP contribution in [0.5, 0.6) is 0 Å². The zero-order chi connectivity index (χ0) is 12.5. The molecule has 1 aliphatic carbocycles. The first-order valence-corrected chi connectivity index (χ1v) is 7.56. The summed E-state index contributed by atoms with van der Waals surface area (Å²) in [4.78, 5) is 1.36. The Morgan fingerprint density at radius 1 is 1.28 bits per heavy atom. The lowest BCUT2D eigenvalue weighted by Gasteiger charge is -2.04. The highest BCUT2D eigenvalue weighted by atomic mass is 35.5. The lowest BCUT2D eigenvalue weighted by molar-refractivity contribution is 0.687. The first-order chi connectivity index (χ1) is 8.74. The highest BCUT2D eigenvalue weighted by molar-refractivity contribution is 7.14. The summed E-state index contributed by atoms with van der Waals surface area (Å²) in [5.41, 5.74) is 4.09. The van der Waals surface area contributed by atoms with Crippen LogP contribution in [0.15, 0.2) is 29.6 Å². The van der Waals surface area contributed by atoms with Gasteiger partial charge in [-0.2, -0.15) is 0 Å². The van der Waals surface area contributed by atoms with E-state index >= 15 is 0 Å². The Morgan fingerprint density at radius 3 is 2.67 bits per heavy atom. The smallest absolute Gasteiger partial charge is 0.0406 e. The van der Waals surface area contributed by atoms with Gasteiger partial charge in [0, 0.05) is 22.5 Å². The third-order valence-electron chi connectivity index (χ3n) is 3.41. The molecular weight excluding hydrogens is 262 g/mol. The van der Waals surface area contributed by atoms with Crippen LogP contribution in [0.3, 0.4) is 0 Å². The van der Waals surface area contributed by atoms with Crippen molar-refractivity contribution in [1.29, 1.82) is 0 Å². The third-order valence-corrected chi connectivity index (χ3v) is 4.84. The molecule has 1 aromatic heterocycles. The molecule has 94 valence electrons. The molecule has 1 aliphatic rings. The monoisotopic (exact) mass is 277 g/mol. The Labute approximate surface area is 117 Å². The van der Waals surface area contributed by atoms with Gasteiger partial charge in [0.05, 0.1) is 0 Å². The van der Waals surface area contributed by atoms with E-state index in [2.05, 4.69) is 29.8 Å². The Kier molecular flexibility index (Phi) is 3.42. The van der Waals surface area contributed by atoms with Crippen molar-refractivity contribution >= 4 is 22.9 Å². The molecule has 0 saturated heterocycles. The molecule has 1 fully saturated rings. The second kappa shape index (κ2) is 5.04. The van der Waals surface area contributed by atoms with Crippen LogP contribution in [0.25, 0.3) is 10.4 Å². The van der Waals surface area contributed by atoms with Crippen molar-refractivity contribution in [3.05, 3.63) is 45.8 Å². The van der Waals surface area contributed by atoms with E-state index in [1.807, 2.05) is 23.5 Å². The van der Waals surface area contributed by atoms with E-state index in [4.69, 9.17) is 11.6 Å². The predicted molar refractivity (Wildman–Crippen MR) is 79.4 cm³/mol. The molecule has 1 aromatic carbocycles. The number of hydrogen-bond acceptors (Lipinski definition) is 2. The fourth-order valence-electron chi connectivity index (χ4n) is 2.05. The average molecular weight is 278 g/mol. The van der Waals surface area contributed by atoms with Gasteiger partial charge in [0.25, 0.3) is 0 Å². The number of halogens is 1. The van der Waals surface area contributed by atoms with E-state index in [9.17, 15) is 0 Å². The molecular formula is C15H16ClNS. The fraction of sp³-hybridized carbons (Fsp3) is 0.333. The van der Waals surface area contributed by atoms with E-state index < -0.39 is 0 Å². The third kappa shape index (κ3) is 2.61. The van der Waals surface area contributed by atoms with Crippen molar-refractivity contribution in [3.8, 4) is 10.4 Å². The van der Waals surface area contributed by atoms with Crippen LogP contribution in [-0.4, -0.2) is 6.04 Å². The van der Waals surface area contributed by atoms with E-state index in [1.54, 1.807) is 0 Å². The van der Waals surface area contributed by atoms with Crippen molar-refractivity contribution in [2.75, 3.05) is 0 Å². The summed E-state index contributed by atoms with van der Waals surface area (Å²) < 4.78 is 0. The van der Waals surface area contributed by atoms with Gasteiger partial charge in [-0.1, -0.05) is 23.7 Å². The Balaban J connectivity index is 1.81. The van der Waals surface area contributed by atoms with Crippen molar-refractivity contribution < 1.29 is 0 Å². The minimum Gasteiger partial charge on any atom is -0.310 e. The standard InChI is InChI=1S/C15H16ClNS/c1-10-12(8-17-14-6-7-14)9-18-15(10)11-2-4-13(16)5-3-11/h2-5,9,14,17H,6-8H2,1H3. The first kappa shape index (κ1) is 12.2. The summed E-state index contributed by atoms with van der Waals surface area (Å²) >= 11 is 7.75. The van der Waals surface area contributed by atoms with Gasteiger partial charge in [0.2, 0.25) is 0 Å². The quantitative estimate of drug-likeness (QED) is 0.859. The van der Waals surface area contributed by atoms with Gasteiger partial charge in [0.1, 0.15) is 0 Å². The second-order valence-corrected chi connectivity index (χ2v) is 6.19. The summed E-state index contributed by atoms with van der Waals surface area (Å²) in [5, 5.41) is 6.64. The number of hydrogen-bond donors (Lipinski definition) is 1. The molecule has 0 bridgehead atoms. The minimum atomic E-state index is 0.767. The van der Waals surface area contributed by atoms with Crippen LogP contribution in [-0.2, 0) is 6.54 Å². The lowest BCUT2D eigenvalue weighted by atomic mass is 10.1. The fourth-order valence-corrected chi connectivity index (χ4v) is 3.28. The molecule has 1 nitrogen and oxygen atoms in total. The molecule has 1 N–H and O–H groups in total. The van der Waals surface area contributed by atoms with Gasteiger partial charge in [-0.05, 0) is 54.0 Å². The molecule has 1 heterocycles. The Bertz CT molecular complexity index is 540. The summed E-state index contributed by atoms with van der Waals surface area (Å²) in [7, 11) is 0. The maximum Gasteiger partial charge on any atom is 0.0406 e. The topological polar surface area (TPSA) is 12.0 Å². The molecule has 1 saturated carbocycles. The van der Waals surface area contributed by atoms with Crippen molar-refractivity contribution in [2.24, 2.45) is 0 Å². The van der Waals surface area contributed by atoms with Gasteiger partial charge in [-0.15, -0.1) is 11.3 Å². The molecule has 3 heteroatoms. The van der Waals surface area contributed by atoms with Crippen molar-refractivity contribution in [2.45, 2.75) is 32.4 Å². The van der Waals surface area contributed by atoms with Gasteiger partial charge >= 0.3 is 0 Å². The highest BCUT2D eigenvalue weighted by Gasteiger charge is 2.20. The molecule has 18 heavy (non-hydrogen) atoms. The van der Waals surface area contributed by atoms with Crippen LogP contribution in [0.4, 0.5) is 0 Å². The van der Waals surface area contributed by atoms with Gasteiger partial charge < -0.3 is 5.32 Å². The highest BCUT2D eigenvalue weighted by Crippen LogP contribution is 2.33. The van der Waals surface area contributed by atoms with E-state index in [1.165, 1.54) is 34.4 Å². The number of rotatable bonds is 4. The maximum absolute atomic E-state index is 5.93. The first-order valence-electron chi connectivity index (χ1n) is 6.30. The predicted octanol–water partition coefficient (Wildman–Crippen LogP) is 4.63. The molecule has 0 aliphatic heterocycles. The van der Waals surface area contributed by atoms with E-state index in [0.717, 1.165) is 17.6 Å². The number of nitrogens with one attached hydrogen (secondary N) is 1. The maximum atomic E-state index is 5.93. The molecule has 2 aromatic rings. The van der Waals surface area contributed by atoms with Crippen molar-refractivity contribution in [1.82, 2.24) is 5.32 Å². The molecule has 0 atom stereocenters. The summed E-state index contributed by atoms with van der Waals surface area (Å²) in [5.74, 6) is 0. The largest absolute Gasteiger partial charge is 0.310 e. The second-order valence-electron chi connectivity index (χ2n) is 4.88. The zero-order valence-electron chi connectivity index (χ0n) is 10.4. The number of thiophene rings is 1. The summed E-state index contributed by atoms with van der Waals surface area (Å²) in [6.07, 6.45) is 2.68. The minimum absolute atomic E-state index is 0.767. The van der Waals surface area contributed by atoms with Crippen LogP contribution in [0.1, 0.15) is 24.0 Å². The van der Waals surface area contributed by atoms with E-state index in [0.29, 0.717) is 0 Å². The van der Waals surface area contributed by atoms with E-state index in [-0.39, 0.29) is 0 Å².